The highest BCUT2D eigenvalue weighted by atomic mass is 16.7. The summed E-state index contributed by atoms with van der Waals surface area (Å²) in [5, 5.41) is 11.9. The van der Waals surface area contributed by atoms with E-state index in [-0.39, 0.29) is 17.4 Å². The molecule has 21 heavy (non-hydrogen) atoms. The van der Waals surface area contributed by atoms with Crippen LogP contribution >= 0.6 is 0 Å². The van der Waals surface area contributed by atoms with E-state index in [1.54, 1.807) is 6.08 Å². The molecule has 0 amide bonds. The van der Waals surface area contributed by atoms with Crippen molar-refractivity contribution in [2.75, 3.05) is 6.79 Å². The predicted octanol–water partition coefficient (Wildman–Crippen LogP) is 2.95. The number of nitrogens with zero attached hydrogens (tertiary/aromatic N) is 2. The van der Waals surface area contributed by atoms with Gasteiger partial charge in [0.15, 0.2) is 11.5 Å². The predicted molar refractivity (Wildman–Crippen MR) is 77.0 cm³/mol. The second kappa shape index (κ2) is 4.25. The summed E-state index contributed by atoms with van der Waals surface area (Å²) in [4.78, 5) is 10.6. The number of aromatic nitrogens is 1. The van der Waals surface area contributed by atoms with Crippen LogP contribution in [0.15, 0.2) is 17.8 Å². The fourth-order valence-electron chi connectivity index (χ4n) is 3.17. The number of hydrogen-bond donors (Lipinski definition) is 0. The molecule has 0 aliphatic carbocycles. The molecule has 0 saturated heterocycles. The lowest BCUT2D eigenvalue weighted by Crippen LogP contribution is -1.95. The second-order valence-electron chi connectivity index (χ2n) is 5.38. The fraction of sp³-hybridized carbons (Fsp3) is 0.333. The normalized spacial score (nSPS) is 16.5. The molecule has 4 rings (SSSR count). The fourth-order valence-corrected chi connectivity index (χ4v) is 3.17. The number of allylic oxidation sites excluding steroid dienone is 1. The van der Waals surface area contributed by atoms with Crippen LogP contribution in [0, 0.1) is 10.1 Å². The quantitative estimate of drug-likeness (QED) is 0.629. The number of benzene rings is 1. The highest BCUT2D eigenvalue weighted by Crippen LogP contribution is 2.41. The molecule has 2 aliphatic heterocycles. The summed E-state index contributed by atoms with van der Waals surface area (Å²) in [6.07, 6.45) is 3.68. The first-order valence-corrected chi connectivity index (χ1v) is 6.92. The molecule has 0 saturated carbocycles. The van der Waals surface area contributed by atoms with Gasteiger partial charge in [0.1, 0.15) is 0 Å². The van der Waals surface area contributed by atoms with Crippen LogP contribution in [0.3, 0.4) is 0 Å². The lowest BCUT2D eigenvalue weighted by molar-refractivity contribution is -0.422. The van der Waals surface area contributed by atoms with E-state index in [0.717, 1.165) is 47.3 Å². The van der Waals surface area contributed by atoms with Crippen LogP contribution < -0.4 is 9.47 Å². The van der Waals surface area contributed by atoms with Crippen LogP contribution in [0.4, 0.5) is 0 Å². The van der Waals surface area contributed by atoms with Gasteiger partial charge in [-0.15, -0.1) is 0 Å². The Kier molecular flexibility index (Phi) is 2.48. The standard InChI is InChI=1S/C15H14N2O4/c1-9(17(18)19)5-10-11-6-14-15(21-8-20-14)7-13(11)16-4-2-3-12(10)16/h5-7H,2-4,8H2,1H3. The highest BCUT2D eigenvalue weighted by molar-refractivity contribution is 5.94. The van der Waals surface area contributed by atoms with Gasteiger partial charge in [0.25, 0.3) is 0 Å². The van der Waals surface area contributed by atoms with E-state index in [1.165, 1.54) is 6.92 Å². The molecule has 0 unspecified atom stereocenters. The molecular weight excluding hydrogens is 272 g/mol. The molecule has 6 nitrogen and oxygen atoms in total. The topological polar surface area (TPSA) is 66.5 Å². The van der Waals surface area contributed by atoms with Gasteiger partial charge in [-0.25, -0.2) is 0 Å². The Labute approximate surface area is 120 Å². The minimum Gasteiger partial charge on any atom is -0.454 e. The lowest BCUT2D eigenvalue weighted by Gasteiger charge is -2.01. The van der Waals surface area contributed by atoms with Crippen molar-refractivity contribution < 1.29 is 14.4 Å². The summed E-state index contributed by atoms with van der Waals surface area (Å²) < 4.78 is 13.1. The summed E-state index contributed by atoms with van der Waals surface area (Å²) >= 11 is 0. The number of nitro groups is 1. The van der Waals surface area contributed by atoms with E-state index in [2.05, 4.69) is 4.57 Å². The summed E-state index contributed by atoms with van der Waals surface area (Å²) in [5.41, 5.74) is 3.31. The maximum absolute atomic E-state index is 10.9. The molecule has 0 atom stereocenters. The molecule has 0 N–H and O–H groups in total. The first kappa shape index (κ1) is 12.3. The van der Waals surface area contributed by atoms with Gasteiger partial charge in [-0.05, 0) is 18.9 Å². The van der Waals surface area contributed by atoms with Gasteiger partial charge in [-0.1, -0.05) is 0 Å². The minimum absolute atomic E-state index is 0.148. The first-order valence-electron chi connectivity index (χ1n) is 6.92. The Balaban J connectivity index is 2.01. The molecule has 1 aromatic heterocycles. The van der Waals surface area contributed by atoms with Gasteiger partial charge in [-0.3, -0.25) is 10.1 Å². The molecule has 6 heteroatoms. The Morgan fingerprint density at radius 2 is 2.14 bits per heavy atom. The van der Waals surface area contributed by atoms with Crippen molar-refractivity contribution in [3.63, 3.8) is 0 Å². The zero-order chi connectivity index (χ0) is 14.6. The SMILES string of the molecule is CC(=Cc1c2n(c3cc4c(cc13)OCO4)CCC2)[N+](=O)[O-]. The van der Waals surface area contributed by atoms with Gasteiger partial charge in [0.2, 0.25) is 12.5 Å². The highest BCUT2D eigenvalue weighted by Gasteiger charge is 2.24. The molecule has 3 heterocycles. The zero-order valence-corrected chi connectivity index (χ0v) is 11.6. The lowest BCUT2D eigenvalue weighted by atomic mass is 10.1. The van der Waals surface area contributed by atoms with Gasteiger partial charge in [0, 0.05) is 42.3 Å². The Morgan fingerprint density at radius 3 is 2.90 bits per heavy atom. The van der Waals surface area contributed by atoms with E-state index in [1.807, 2.05) is 12.1 Å². The van der Waals surface area contributed by atoms with Crippen molar-refractivity contribution in [2.45, 2.75) is 26.3 Å². The van der Waals surface area contributed by atoms with Gasteiger partial charge < -0.3 is 14.0 Å². The first-order chi connectivity index (χ1) is 10.1. The zero-order valence-electron chi connectivity index (χ0n) is 11.6. The van der Waals surface area contributed by atoms with Crippen LogP contribution in [-0.2, 0) is 13.0 Å². The van der Waals surface area contributed by atoms with Gasteiger partial charge in [-0.2, -0.15) is 0 Å². The van der Waals surface area contributed by atoms with E-state index < -0.39 is 0 Å². The Morgan fingerprint density at radius 1 is 1.38 bits per heavy atom. The molecule has 0 fully saturated rings. The molecule has 0 spiro atoms. The minimum atomic E-state index is -0.349. The molecule has 0 radical (unpaired) electrons. The summed E-state index contributed by atoms with van der Waals surface area (Å²) in [5.74, 6) is 1.46. The molecule has 1 aromatic carbocycles. The van der Waals surface area contributed by atoms with Crippen LogP contribution in [0.2, 0.25) is 0 Å². The van der Waals surface area contributed by atoms with Crippen LogP contribution in [0.25, 0.3) is 17.0 Å². The Bertz CT molecular complexity index is 804. The van der Waals surface area contributed by atoms with Crippen molar-refractivity contribution in [3.8, 4) is 11.5 Å². The number of rotatable bonds is 2. The van der Waals surface area contributed by atoms with Gasteiger partial charge in [0.05, 0.1) is 10.4 Å². The molecule has 2 aromatic rings. The summed E-state index contributed by atoms with van der Waals surface area (Å²) in [6, 6.07) is 3.91. The largest absolute Gasteiger partial charge is 0.454 e. The van der Waals surface area contributed by atoms with Crippen molar-refractivity contribution in [1.82, 2.24) is 4.57 Å². The number of aryl methyl sites for hydroxylation is 1. The molecule has 0 bridgehead atoms. The van der Waals surface area contributed by atoms with E-state index >= 15 is 0 Å². The van der Waals surface area contributed by atoms with Crippen LogP contribution in [0.1, 0.15) is 24.6 Å². The smallest absolute Gasteiger partial charge is 0.243 e. The third-order valence-electron chi connectivity index (χ3n) is 4.15. The van der Waals surface area contributed by atoms with Crippen LogP contribution in [0.5, 0.6) is 11.5 Å². The maximum atomic E-state index is 10.9. The van der Waals surface area contributed by atoms with E-state index in [0.29, 0.717) is 5.75 Å². The van der Waals surface area contributed by atoms with E-state index in [9.17, 15) is 10.1 Å². The molecule has 108 valence electrons. The number of hydrogen-bond acceptors (Lipinski definition) is 4. The third-order valence-corrected chi connectivity index (χ3v) is 4.15. The van der Waals surface area contributed by atoms with E-state index in [4.69, 9.17) is 9.47 Å². The van der Waals surface area contributed by atoms with Crippen molar-refractivity contribution in [2.24, 2.45) is 0 Å². The number of ether oxygens (including phenoxy) is 2. The second-order valence-corrected chi connectivity index (χ2v) is 5.38. The average molecular weight is 286 g/mol. The summed E-state index contributed by atoms with van der Waals surface area (Å²) in [7, 11) is 0. The molecular formula is C15H14N2O4. The summed E-state index contributed by atoms with van der Waals surface area (Å²) in [6.45, 7) is 2.70. The van der Waals surface area contributed by atoms with Gasteiger partial charge >= 0.3 is 0 Å². The monoisotopic (exact) mass is 286 g/mol. The Hall–Kier alpha value is -2.50. The van der Waals surface area contributed by atoms with Crippen molar-refractivity contribution in [3.05, 3.63) is 39.2 Å². The van der Waals surface area contributed by atoms with Crippen LogP contribution in [-0.4, -0.2) is 16.3 Å². The molecule has 2 aliphatic rings. The van der Waals surface area contributed by atoms with Crippen molar-refractivity contribution in [1.29, 1.82) is 0 Å². The maximum Gasteiger partial charge on any atom is 0.243 e. The van der Waals surface area contributed by atoms with Crippen molar-refractivity contribution >= 4 is 17.0 Å². The third kappa shape index (κ3) is 1.72. The number of fused-ring (bicyclic) bond motifs is 4. The average Bonchev–Trinajstić information content (AvgIpc) is 3.14.